The first-order valence-electron chi connectivity index (χ1n) is 6.99. The van der Waals surface area contributed by atoms with Gasteiger partial charge in [-0.1, -0.05) is 19.1 Å². The predicted molar refractivity (Wildman–Crippen MR) is 78.4 cm³/mol. The van der Waals surface area contributed by atoms with E-state index in [1.165, 1.54) is 5.56 Å². The molecule has 2 atom stereocenters. The second kappa shape index (κ2) is 6.06. The average Bonchev–Trinajstić information content (AvgIpc) is 2.44. The van der Waals surface area contributed by atoms with Crippen LogP contribution in [0.5, 0.6) is 0 Å². The summed E-state index contributed by atoms with van der Waals surface area (Å²) in [7, 11) is 1.99. The van der Waals surface area contributed by atoms with E-state index in [1.54, 1.807) is 0 Å². The second-order valence-electron chi connectivity index (χ2n) is 5.00. The standard InChI is InChI=1S/C15H23N3O/c1-4-14(16-3)12-5-7-13(8-6-12)18-10-9-17-15(19)11(18)2/h5-8,11,14,16H,4,9-10H2,1-3H3,(H,17,19). The summed E-state index contributed by atoms with van der Waals surface area (Å²) in [6, 6.07) is 8.84. The van der Waals surface area contributed by atoms with Gasteiger partial charge in [-0.15, -0.1) is 0 Å². The Bertz CT molecular complexity index is 426. The highest BCUT2D eigenvalue weighted by Crippen LogP contribution is 2.23. The number of hydrogen-bond acceptors (Lipinski definition) is 3. The molecule has 1 aromatic carbocycles. The summed E-state index contributed by atoms with van der Waals surface area (Å²) in [6.07, 6.45) is 1.07. The summed E-state index contributed by atoms with van der Waals surface area (Å²) < 4.78 is 0. The minimum Gasteiger partial charge on any atom is -0.358 e. The van der Waals surface area contributed by atoms with Crippen molar-refractivity contribution < 1.29 is 4.79 Å². The number of anilines is 1. The predicted octanol–water partition coefficient (Wildman–Crippen LogP) is 1.68. The molecule has 0 bridgehead atoms. The summed E-state index contributed by atoms with van der Waals surface area (Å²) in [5.41, 5.74) is 2.42. The lowest BCUT2D eigenvalue weighted by atomic mass is 10.0. The molecule has 1 amide bonds. The third kappa shape index (κ3) is 2.89. The van der Waals surface area contributed by atoms with Crippen LogP contribution in [0, 0.1) is 0 Å². The molecule has 0 radical (unpaired) electrons. The van der Waals surface area contributed by atoms with Gasteiger partial charge in [-0.05, 0) is 38.1 Å². The lowest BCUT2D eigenvalue weighted by molar-refractivity contribution is -0.122. The molecule has 0 aromatic heterocycles. The molecule has 4 nitrogen and oxygen atoms in total. The Balaban J connectivity index is 2.15. The number of amides is 1. The van der Waals surface area contributed by atoms with Crippen LogP contribution in [0.15, 0.2) is 24.3 Å². The normalized spacial score (nSPS) is 21.1. The van der Waals surface area contributed by atoms with E-state index in [1.807, 2.05) is 14.0 Å². The number of carbonyl (C=O) groups is 1. The zero-order valence-corrected chi connectivity index (χ0v) is 11.9. The Morgan fingerprint density at radius 3 is 2.68 bits per heavy atom. The first-order chi connectivity index (χ1) is 9.17. The fourth-order valence-corrected chi connectivity index (χ4v) is 2.64. The summed E-state index contributed by atoms with van der Waals surface area (Å²) in [6.45, 7) is 5.71. The van der Waals surface area contributed by atoms with E-state index in [4.69, 9.17) is 0 Å². The van der Waals surface area contributed by atoms with Gasteiger partial charge in [-0.3, -0.25) is 4.79 Å². The van der Waals surface area contributed by atoms with E-state index in [9.17, 15) is 4.79 Å². The van der Waals surface area contributed by atoms with Crippen molar-refractivity contribution in [2.45, 2.75) is 32.4 Å². The summed E-state index contributed by atoms with van der Waals surface area (Å²) in [4.78, 5) is 13.8. The molecule has 1 aliphatic heterocycles. The van der Waals surface area contributed by atoms with Gasteiger partial charge >= 0.3 is 0 Å². The summed E-state index contributed by atoms with van der Waals surface area (Å²) in [5.74, 6) is 0.108. The van der Waals surface area contributed by atoms with Gasteiger partial charge in [0.25, 0.3) is 0 Å². The number of hydrogen-bond donors (Lipinski definition) is 2. The summed E-state index contributed by atoms with van der Waals surface area (Å²) in [5, 5.41) is 6.19. The highest BCUT2D eigenvalue weighted by molar-refractivity contribution is 5.86. The number of rotatable bonds is 4. The minimum atomic E-state index is -0.0918. The topological polar surface area (TPSA) is 44.4 Å². The fourth-order valence-electron chi connectivity index (χ4n) is 2.64. The van der Waals surface area contributed by atoms with Crippen LogP contribution in [0.4, 0.5) is 5.69 Å². The molecule has 2 N–H and O–H groups in total. The Morgan fingerprint density at radius 1 is 1.42 bits per heavy atom. The third-order valence-electron chi connectivity index (χ3n) is 3.88. The Morgan fingerprint density at radius 2 is 2.11 bits per heavy atom. The molecule has 4 heteroatoms. The zero-order valence-electron chi connectivity index (χ0n) is 11.9. The smallest absolute Gasteiger partial charge is 0.242 e. The summed E-state index contributed by atoms with van der Waals surface area (Å²) >= 11 is 0. The number of carbonyl (C=O) groups excluding carboxylic acids is 1. The van der Waals surface area contributed by atoms with Crippen LogP contribution in [0.3, 0.4) is 0 Å². The lowest BCUT2D eigenvalue weighted by Gasteiger charge is -2.34. The Labute approximate surface area is 115 Å². The van der Waals surface area contributed by atoms with Crippen LogP contribution >= 0.6 is 0 Å². The quantitative estimate of drug-likeness (QED) is 0.867. The third-order valence-corrected chi connectivity index (χ3v) is 3.88. The molecule has 104 valence electrons. The van der Waals surface area contributed by atoms with Crippen LogP contribution in [0.1, 0.15) is 31.9 Å². The van der Waals surface area contributed by atoms with E-state index < -0.39 is 0 Å². The molecule has 0 saturated carbocycles. The van der Waals surface area contributed by atoms with E-state index in [0.29, 0.717) is 6.04 Å². The van der Waals surface area contributed by atoms with Crippen molar-refractivity contribution in [3.05, 3.63) is 29.8 Å². The zero-order chi connectivity index (χ0) is 13.8. The first-order valence-corrected chi connectivity index (χ1v) is 6.99. The van der Waals surface area contributed by atoms with Crippen molar-refractivity contribution in [1.82, 2.24) is 10.6 Å². The molecule has 0 spiro atoms. The maximum Gasteiger partial charge on any atom is 0.242 e. The van der Waals surface area contributed by atoms with Crippen LogP contribution in [-0.2, 0) is 4.79 Å². The first kappa shape index (κ1) is 13.9. The van der Waals surface area contributed by atoms with Crippen LogP contribution in [0.2, 0.25) is 0 Å². The molecular weight excluding hydrogens is 238 g/mol. The van der Waals surface area contributed by atoms with Crippen molar-refractivity contribution in [2.75, 3.05) is 25.0 Å². The van der Waals surface area contributed by atoms with Crippen molar-refractivity contribution in [2.24, 2.45) is 0 Å². The van der Waals surface area contributed by atoms with Crippen molar-refractivity contribution in [3.63, 3.8) is 0 Å². The van der Waals surface area contributed by atoms with E-state index in [0.717, 1.165) is 25.2 Å². The molecule has 1 heterocycles. The van der Waals surface area contributed by atoms with Gasteiger partial charge in [0.05, 0.1) is 0 Å². The van der Waals surface area contributed by atoms with Crippen LogP contribution in [0.25, 0.3) is 0 Å². The van der Waals surface area contributed by atoms with Crippen molar-refractivity contribution in [3.8, 4) is 0 Å². The Kier molecular flexibility index (Phi) is 4.43. The van der Waals surface area contributed by atoms with Crippen LogP contribution < -0.4 is 15.5 Å². The molecule has 1 aliphatic rings. The lowest BCUT2D eigenvalue weighted by Crippen LogP contribution is -2.54. The SMILES string of the molecule is CCC(NC)c1ccc(N2CCNC(=O)C2C)cc1. The van der Waals surface area contributed by atoms with Gasteiger partial charge in [0.2, 0.25) is 5.91 Å². The maximum absolute atomic E-state index is 11.7. The Hall–Kier alpha value is -1.55. The van der Waals surface area contributed by atoms with Gasteiger partial charge in [0.15, 0.2) is 0 Å². The average molecular weight is 261 g/mol. The number of nitrogens with zero attached hydrogens (tertiary/aromatic N) is 1. The number of nitrogens with one attached hydrogen (secondary N) is 2. The van der Waals surface area contributed by atoms with Crippen molar-refractivity contribution >= 4 is 11.6 Å². The van der Waals surface area contributed by atoms with E-state index >= 15 is 0 Å². The number of benzene rings is 1. The molecular formula is C15H23N3O. The molecule has 19 heavy (non-hydrogen) atoms. The fraction of sp³-hybridized carbons (Fsp3) is 0.533. The molecule has 1 saturated heterocycles. The molecule has 2 rings (SSSR count). The van der Waals surface area contributed by atoms with Crippen molar-refractivity contribution in [1.29, 1.82) is 0 Å². The van der Waals surface area contributed by atoms with Gasteiger partial charge in [0.1, 0.15) is 6.04 Å². The van der Waals surface area contributed by atoms with Gasteiger partial charge in [-0.25, -0.2) is 0 Å². The largest absolute Gasteiger partial charge is 0.358 e. The van der Waals surface area contributed by atoms with Gasteiger partial charge < -0.3 is 15.5 Å². The van der Waals surface area contributed by atoms with Gasteiger partial charge in [0, 0.05) is 24.8 Å². The monoisotopic (exact) mass is 261 g/mol. The number of piperazine rings is 1. The second-order valence-corrected chi connectivity index (χ2v) is 5.00. The molecule has 2 unspecified atom stereocenters. The maximum atomic E-state index is 11.7. The highest BCUT2D eigenvalue weighted by atomic mass is 16.2. The highest BCUT2D eigenvalue weighted by Gasteiger charge is 2.25. The minimum absolute atomic E-state index is 0.0918. The van der Waals surface area contributed by atoms with Crippen LogP contribution in [-0.4, -0.2) is 32.1 Å². The molecule has 1 aromatic rings. The van der Waals surface area contributed by atoms with Gasteiger partial charge in [-0.2, -0.15) is 0 Å². The van der Waals surface area contributed by atoms with E-state index in [-0.39, 0.29) is 11.9 Å². The molecule has 1 fully saturated rings. The van der Waals surface area contributed by atoms with E-state index in [2.05, 4.69) is 46.7 Å². The molecule has 0 aliphatic carbocycles.